The zero-order valence-electron chi connectivity index (χ0n) is 10.1. The van der Waals surface area contributed by atoms with Gasteiger partial charge in [-0.15, -0.1) is 0 Å². The third-order valence-electron chi connectivity index (χ3n) is 3.16. The molecule has 2 nitrogen and oxygen atoms in total. The van der Waals surface area contributed by atoms with Crippen LogP contribution in [0.25, 0.3) is 0 Å². The summed E-state index contributed by atoms with van der Waals surface area (Å²) in [5, 5.41) is 0. The van der Waals surface area contributed by atoms with Gasteiger partial charge in [0.1, 0.15) is 5.75 Å². The third-order valence-corrected chi connectivity index (χ3v) is 3.16. The summed E-state index contributed by atoms with van der Waals surface area (Å²) in [6.07, 6.45) is 5.30. The lowest BCUT2D eigenvalue weighted by atomic mass is 10.1. The average molecular weight is 229 g/mol. The number of benzene rings is 1. The fourth-order valence-electron chi connectivity index (χ4n) is 2.23. The molecule has 1 aromatic rings. The molecule has 0 radical (unpaired) electrons. The summed E-state index contributed by atoms with van der Waals surface area (Å²) in [4.78, 5) is 0. The molecule has 90 valence electrons. The van der Waals surface area contributed by atoms with Gasteiger partial charge in [-0.25, -0.2) is 0 Å². The maximum absolute atomic E-state index is 5.87. The van der Waals surface area contributed by atoms with Gasteiger partial charge in [0.25, 0.3) is 0 Å². The highest BCUT2D eigenvalue weighted by Crippen LogP contribution is 2.26. The molecule has 0 saturated heterocycles. The minimum absolute atomic E-state index is 0.386. The summed E-state index contributed by atoms with van der Waals surface area (Å²) < 4.78 is 5.87. The van der Waals surface area contributed by atoms with Crippen molar-refractivity contribution < 1.29 is 4.74 Å². The summed E-state index contributed by atoms with van der Waals surface area (Å²) in [7, 11) is 0. The Labute approximate surface area is 103 Å². The van der Waals surface area contributed by atoms with E-state index in [1.54, 1.807) is 0 Å². The second kappa shape index (κ2) is 6.32. The van der Waals surface area contributed by atoms with E-state index in [2.05, 4.69) is 11.8 Å². The van der Waals surface area contributed by atoms with Crippen LogP contribution in [0.1, 0.15) is 31.2 Å². The zero-order chi connectivity index (χ0) is 11.9. The van der Waals surface area contributed by atoms with Crippen LogP contribution in [-0.4, -0.2) is 13.2 Å². The van der Waals surface area contributed by atoms with E-state index < -0.39 is 0 Å². The fourth-order valence-corrected chi connectivity index (χ4v) is 2.23. The smallest absolute Gasteiger partial charge is 0.134 e. The van der Waals surface area contributed by atoms with E-state index in [0.717, 1.165) is 23.8 Å². The molecule has 1 fully saturated rings. The van der Waals surface area contributed by atoms with Crippen molar-refractivity contribution in [3.8, 4) is 17.6 Å². The minimum Gasteiger partial charge on any atom is -0.492 e. The van der Waals surface area contributed by atoms with E-state index in [4.69, 9.17) is 10.5 Å². The van der Waals surface area contributed by atoms with Gasteiger partial charge < -0.3 is 10.5 Å². The van der Waals surface area contributed by atoms with Gasteiger partial charge in [-0.05, 0) is 30.9 Å². The first-order valence-corrected chi connectivity index (χ1v) is 6.31. The molecule has 0 heterocycles. The Morgan fingerprint density at radius 1 is 1.24 bits per heavy atom. The van der Waals surface area contributed by atoms with Crippen molar-refractivity contribution in [3.05, 3.63) is 29.8 Å². The van der Waals surface area contributed by atoms with Crippen molar-refractivity contribution in [2.45, 2.75) is 25.7 Å². The van der Waals surface area contributed by atoms with Gasteiger partial charge in [0, 0.05) is 0 Å². The van der Waals surface area contributed by atoms with Crippen LogP contribution in [0.4, 0.5) is 0 Å². The predicted molar refractivity (Wildman–Crippen MR) is 69.8 cm³/mol. The largest absolute Gasteiger partial charge is 0.492 e. The van der Waals surface area contributed by atoms with Crippen molar-refractivity contribution in [2.24, 2.45) is 11.7 Å². The lowest BCUT2D eigenvalue weighted by Gasteiger charge is -2.12. The fraction of sp³-hybridized carbons (Fsp3) is 0.467. The molecule has 2 heteroatoms. The molecule has 2 rings (SSSR count). The summed E-state index contributed by atoms with van der Waals surface area (Å²) in [5.74, 6) is 7.54. The number of hydrogen-bond acceptors (Lipinski definition) is 2. The highest BCUT2D eigenvalue weighted by molar-refractivity contribution is 5.45. The first kappa shape index (κ1) is 12.0. The maximum atomic E-state index is 5.87. The third kappa shape index (κ3) is 3.51. The first-order valence-electron chi connectivity index (χ1n) is 6.31. The van der Waals surface area contributed by atoms with Crippen LogP contribution >= 0.6 is 0 Å². The number of ether oxygens (including phenoxy) is 1. The monoisotopic (exact) mass is 229 g/mol. The SMILES string of the molecule is NCC#Cc1ccccc1OCC1CCCC1. The first-order chi connectivity index (χ1) is 8.40. The molecule has 1 aliphatic rings. The average Bonchev–Trinajstić information content (AvgIpc) is 2.88. The Morgan fingerprint density at radius 2 is 2.00 bits per heavy atom. The Morgan fingerprint density at radius 3 is 2.76 bits per heavy atom. The molecular weight excluding hydrogens is 210 g/mol. The normalized spacial score (nSPS) is 15.4. The molecule has 0 spiro atoms. The van der Waals surface area contributed by atoms with E-state index >= 15 is 0 Å². The molecule has 2 N–H and O–H groups in total. The standard InChI is InChI=1S/C15H19NO/c16-11-5-9-14-8-3-4-10-15(14)17-12-13-6-1-2-7-13/h3-4,8,10,13H,1-2,6-7,11-12,16H2. The van der Waals surface area contributed by atoms with Gasteiger partial charge in [-0.1, -0.05) is 36.8 Å². The Bertz CT molecular complexity index is 410. The van der Waals surface area contributed by atoms with E-state index in [9.17, 15) is 0 Å². The Hall–Kier alpha value is -1.46. The molecule has 1 saturated carbocycles. The van der Waals surface area contributed by atoms with Gasteiger partial charge in [0.15, 0.2) is 0 Å². The molecule has 0 bridgehead atoms. The minimum atomic E-state index is 0.386. The van der Waals surface area contributed by atoms with E-state index in [-0.39, 0.29) is 0 Å². The van der Waals surface area contributed by atoms with Crippen LogP contribution in [0, 0.1) is 17.8 Å². The topological polar surface area (TPSA) is 35.2 Å². The second-order valence-electron chi connectivity index (χ2n) is 4.46. The van der Waals surface area contributed by atoms with Crippen molar-refractivity contribution in [1.82, 2.24) is 0 Å². The lowest BCUT2D eigenvalue weighted by molar-refractivity contribution is 0.251. The number of rotatable bonds is 3. The second-order valence-corrected chi connectivity index (χ2v) is 4.46. The molecule has 0 amide bonds. The maximum Gasteiger partial charge on any atom is 0.134 e. The van der Waals surface area contributed by atoms with E-state index in [1.807, 2.05) is 24.3 Å². The van der Waals surface area contributed by atoms with Crippen molar-refractivity contribution in [3.63, 3.8) is 0 Å². The van der Waals surface area contributed by atoms with Crippen molar-refractivity contribution >= 4 is 0 Å². The molecular formula is C15H19NO. The van der Waals surface area contributed by atoms with Crippen LogP contribution in [-0.2, 0) is 0 Å². The van der Waals surface area contributed by atoms with Crippen LogP contribution in [0.2, 0.25) is 0 Å². The van der Waals surface area contributed by atoms with Gasteiger partial charge in [0.05, 0.1) is 18.7 Å². The molecule has 1 aromatic carbocycles. The summed E-state index contributed by atoms with van der Waals surface area (Å²) in [5.41, 5.74) is 6.33. The van der Waals surface area contributed by atoms with Gasteiger partial charge >= 0.3 is 0 Å². The highest BCUT2D eigenvalue weighted by atomic mass is 16.5. The van der Waals surface area contributed by atoms with Crippen molar-refractivity contribution in [1.29, 1.82) is 0 Å². The quantitative estimate of drug-likeness (QED) is 0.808. The molecule has 0 atom stereocenters. The van der Waals surface area contributed by atoms with Crippen LogP contribution < -0.4 is 10.5 Å². The van der Waals surface area contributed by atoms with Crippen molar-refractivity contribution in [2.75, 3.05) is 13.2 Å². The lowest BCUT2D eigenvalue weighted by Crippen LogP contribution is -2.08. The zero-order valence-corrected chi connectivity index (χ0v) is 10.1. The Kier molecular flexibility index (Phi) is 4.46. The molecule has 0 aromatic heterocycles. The van der Waals surface area contributed by atoms with Crippen LogP contribution in [0.15, 0.2) is 24.3 Å². The highest BCUT2D eigenvalue weighted by Gasteiger charge is 2.15. The molecule has 17 heavy (non-hydrogen) atoms. The van der Waals surface area contributed by atoms with Gasteiger partial charge in [0.2, 0.25) is 0 Å². The molecule has 0 aliphatic heterocycles. The predicted octanol–water partition coefficient (Wildman–Crippen LogP) is 2.57. The number of hydrogen-bond donors (Lipinski definition) is 1. The molecule has 1 aliphatic carbocycles. The Balaban J connectivity index is 1.98. The van der Waals surface area contributed by atoms with Gasteiger partial charge in [-0.3, -0.25) is 0 Å². The number of para-hydroxylation sites is 1. The van der Waals surface area contributed by atoms with E-state index in [1.165, 1.54) is 25.7 Å². The van der Waals surface area contributed by atoms with Crippen LogP contribution in [0.3, 0.4) is 0 Å². The summed E-state index contributed by atoms with van der Waals surface area (Å²) in [6.45, 7) is 1.21. The van der Waals surface area contributed by atoms with E-state index in [0.29, 0.717) is 6.54 Å². The molecule has 0 unspecified atom stereocenters. The van der Waals surface area contributed by atoms with Crippen LogP contribution in [0.5, 0.6) is 5.75 Å². The summed E-state index contributed by atoms with van der Waals surface area (Å²) in [6, 6.07) is 7.92. The van der Waals surface area contributed by atoms with Gasteiger partial charge in [-0.2, -0.15) is 0 Å². The summed E-state index contributed by atoms with van der Waals surface area (Å²) >= 11 is 0. The number of nitrogens with two attached hydrogens (primary N) is 1.